The van der Waals surface area contributed by atoms with Crippen LogP contribution in [-0.4, -0.2) is 10.9 Å². The predicted octanol–water partition coefficient (Wildman–Crippen LogP) is 2.32. The van der Waals surface area contributed by atoms with Gasteiger partial charge in [-0.2, -0.15) is 0 Å². The molecule has 0 radical (unpaired) electrons. The average molecular weight is 216 g/mol. The number of aliphatic hydroxyl groups is 1. The number of carbonyl (C=O) groups is 1. The van der Waals surface area contributed by atoms with E-state index in [0.717, 1.165) is 5.56 Å². The summed E-state index contributed by atoms with van der Waals surface area (Å²) >= 11 is 0. The number of hydrogen-bond donors (Lipinski definition) is 1. The number of hydrogen-bond acceptors (Lipinski definition) is 2. The molecule has 1 atom stereocenters. The van der Waals surface area contributed by atoms with Gasteiger partial charge in [0, 0.05) is 11.0 Å². The van der Waals surface area contributed by atoms with Crippen LogP contribution in [0, 0.1) is 17.8 Å². The Balaban J connectivity index is 2.94. The largest absolute Gasteiger partial charge is 0.381 e. The van der Waals surface area contributed by atoms with Gasteiger partial charge in [0.05, 0.1) is 0 Å². The monoisotopic (exact) mass is 216 g/mol. The van der Waals surface area contributed by atoms with Crippen LogP contribution in [-0.2, 0) is 4.79 Å². The summed E-state index contributed by atoms with van der Waals surface area (Å²) in [6.45, 7) is 5.36. The molecular formula is C14H16O2. The van der Waals surface area contributed by atoms with Crippen molar-refractivity contribution in [3.05, 3.63) is 35.4 Å². The maximum absolute atomic E-state index is 11.8. The van der Waals surface area contributed by atoms with Crippen molar-refractivity contribution in [1.82, 2.24) is 0 Å². The van der Waals surface area contributed by atoms with E-state index in [-0.39, 0.29) is 5.78 Å². The maximum atomic E-state index is 11.8. The van der Waals surface area contributed by atoms with Crippen LogP contribution in [0.15, 0.2) is 24.3 Å². The highest BCUT2D eigenvalue weighted by Crippen LogP contribution is 2.25. The number of terminal acetylenes is 1. The maximum Gasteiger partial charge on any atom is 0.171 e. The van der Waals surface area contributed by atoms with Gasteiger partial charge in [-0.1, -0.05) is 38.8 Å². The summed E-state index contributed by atoms with van der Waals surface area (Å²) in [7, 11) is 0. The molecule has 0 aliphatic rings. The van der Waals surface area contributed by atoms with Gasteiger partial charge >= 0.3 is 0 Å². The van der Waals surface area contributed by atoms with Gasteiger partial charge in [0.25, 0.3) is 0 Å². The lowest BCUT2D eigenvalue weighted by Gasteiger charge is -2.21. The fourth-order valence-electron chi connectivity index (χ4n) is 1.32. The van der Waals surface area contributed by atoms with Crippen molar-refractivity contribution in [3.63, 3.8) is 0 Å². The zero-order valence-electron chi connectivity index (χ0n) is 9.82. The molecule has 1 rings (SSSR count). The molecule has 0 amide bonds. The highest BCUT2D eigenvalue weighted by atomic mass is 16.3. The molecule has 0 bridgehead atoms. The van der Waals surface area contributed by atoms with Crippen molar-refractivity contribution in [3.8, 4) is 12.3 Å². The summed E-state index contributed by atoms with van der Waals surface area (Å²) in [6.07, 6.45) is 4.15. The molecular weight excluding hydrogens is 200 g/mol. The van der Waals surface area contributed by atoms with Crippen molar-refractivity contribution in [1.29, 1.82) is 0 Å². The SMILES string of the molecule is C#Cc1ccc(C(O)C(=O)C(C)(C)C)cc1. The van der Waals surface area contributed by atoms with E-state index < -0.39 is 11.5 Å². The molecule has 0 aliphatic heterocycles. The lowest BCUT2D eigenvalue weighted by atomic mass is 9.85. The van der Waals surface area contributed by atoms with Crippen LogP contribution in [0.1, 0.15) is 38.0 Å². The van der Waals surface area contributed by atoms with Gasteiger partial charge in [0.15, 0.2) is 5.78 Å². The van der Waals surface area contributed by atoms with Crippen molar-refractivity contribution in [2.75, 3.05) is 0 Å². The quantitative estimate of drug-likeness (QED) is 0.770. The summed E-state index contributed by atoms with van der Waals surface area (Å²) in [5.74, 6) is 2.29. The van der Waals surface area contributed by atoms with Crippen LogP contribution in [0.5, 0.6) is 0 Å². The van der Waals surface area contributed by atoms with E-state index in [1.165, 1.54) is 0 Å². The number of benzene rings is 1. The second-order valence-corrected chi connectivity index (χ2v) is 4.78. The van der Waals surface area contributed by atoms with Gasteiger partial charge in [0.2, 0.25) is 0 Å². The van der Waals surface area contributed by atoms with Gasteiger partial charge in [-0.3, -0.25) is 4.79 Å². The van der Waals surface area contributed by atoms with Crippen molar-refractivity contribution < 1.29 is 9.90 Å². The minimum atomic E-state index is -1.08. The Labute approximate surface area is 96.3 Å². The topological polar surface area (TPSA) is 37.3 Å². The van der Waals surface area contributed by atoms with E-state index in [9.17, 15) is 9.90 Å². The van der Waals surface area contributed by atoms with E-state index in [1.54, 1.807) is 45.0 Å². The fourth-order valence-corrected chi connectivity index (χ4v) is 1.32. The molecule has 0 spiro atoms. The molecule has 1 unspecified atom stereocenters. The second kappa shape index (κ2) is 4.51. The average Bonchev–Trinajstić information content (AvgIpc) is 2.26. The van der Waals surface area contributed by atoms with Gasteiger partial charge in [0.1, 0.15) is 6.10 Å². The molecule has 0 aromatic heterocycles. The molecule has 1 N–H and O–H groups in total. The standard InChI is InChI=1S/C14H16O2/c1-5-10-6-8-11(9-7-10)12(15)13(16)14(2,3)4/h1,6-9,12,15H,2-4H3. The van der Waals surface area contributed by atoms with E-state index in [1.807, 2.05) is 0 Å². The Hall–Kier alpha value is -1.59. The minimum absolute atomic E-state index is 0.194. The lowest BCUT2D eigenvalue weighted by Crippen LogP contribution is -2.26. The minimum Gasteiger partial charge on any atom is -0.381 e. The molecule has 84 valence electrons. The molecule has 16 heavy (non-hydrogen) atoms. The van der Waals surface area contributed by atoms with E-state index >= 15 is 0 Å². The Morgan fingerprint density at radius 1 is 1.31 bits per heavy atom. The van der Waals surface area contributed by atoms with Crippen molar-refractivity contribution in [2.24, 2.45) is 5.41 Å². The molecule has 2 heteroatoms. The summed E-state index contributed by atoms with van der Waals surface area (Å²) in [5.41, 5.74) is 0.766. The van der Waals surface area contributed by atoms with Crippen LogP contribution >= 0.6 is 0 Å². The Kier molecular flexibility index (Phi) is 3.51. The number of aliphatic hydroxyl groups excluding tert-OH is 1. The van der Waals surface area contributed by atoms with Gasteiger partial charge in [-0.25, -0.2) is 0 Å². The number of ketones is 1. The summed E-state index contributed by atoms with van der Waals surface area (Å²) in [4.78, 5) is 11.8. The molecule has 1 aromatic rings. The number of Topliss-reactive ketones (excluding diaryl/α,β-unsaturated/α-hetero) is 1. The highest BCUT2D eigenvalue weighted by molar-refractivity contribution is 5.88. The van der Waals surface area contributed by atoms with Crippen LogP contribution in [0.2, 0.25) is 0 Å². The first-order chi connectivity index (χ1) is 7.36. The molecule has 0 saturated heterocycles. The number of carbonyl (C=O) groups excluding carboxylic acids is 1. The first-order valence-corrected chi connectivity index (χ1v) is 5.15. The predicted molar refractivity (Wildman–Crippen MR) is 63.8 cm³/mol. The van der Waals surface area contributed by atoms with Gasteiger partial charge < -0.3 is 5.11 Å². The molecule has 0 fully saturated rings. The Morgan fingerprint density at radius 2 is 1.81 bits per heavy atom. The summed E-state index contributed by atoms with van der Waals surface area (Å²) in [5, 5.41) is 9.89. The first-order valence-electron chi connectivity index (χ1n) is 5.15. The van der Waals surface area contributed by atoms with Crippen LogP contribution in [0.3, 0.4) is 0 Å². The summed E-state index contributed by atoms with van der Waals surface area (Å²) < 4.78 is 0. The molecule has 0 heterocycles. The molecule has 0 aliphatic carbocycles. The molecule has 2 nitrogen and oxygen atoms in total. The van der Waals surface area contributed by atoms with Crippen LogP contribution in [0.4, 0.5) is 0 Å². The van der Waals surface area contributed by atoms with Crippen molar-refractivity contribution in [2.45, 2.75) is 26.9 Å². The lowest BCUT2D eigenvalue weighted by molar-refractivity contribution is -0.135. The smallest absolute Gasteiger partial charge is 0.171 e. The van der Waals surface area contributed by atoms with Crippen LogP contribution in [0.25, 0.3) is 0 Å². The zero-order chi connectivity index (χ0) is 12.3. The fraction of sp³-hybridized carbons (Fsp3) is 0.357. The Bertz CT molecular complexity index is 416. The molecule has 1 aromatic carbocycles. The van der Waals surface area contributed by atoms with E-state index in [4.69, 9.17) is 6.42 Å². The summed E-state index contributed by atoms with van der Waals surface area (Å²) in [6, 6.07) is 6.80. The van der Waals surface area contributed by atoms with Crippen molar-refractivity contribution >= 4 is 5.78 Å². The van der Waals surface area contributed by atoms with Crippen LogP contribution < -0.4 is 0 Å². The Morgan fingerprint density at radius 3 is 2.19 bits per heavy atom. The third-order valence-electron chi connectivity index (χ3n) is 2.38. The molecule has 0 saturated carbocycles. The highest BCUT2D eigenvalue weighted by Gasteiger charge is 2.28. The zero-order valence-corrected chi connectivity index (χ0v) is 9.82. The van der Waals surface area contributed by atoms with Gasteiger partial charge in [-0.05, 0) is 17.7 Å². The van der Waals surface area contributed by atoms with E-state index in [0.29, 0.717) is 5.56 Å². The third-order valence-corrected chi connectivity index (χ3v) is 2.38. The van der Waals surface area contributed by atoms with Gasteiger partial charge in [-0.15, -0.1) is 6.42 Å². The first kappa shape index (κ1) is 12.5. The third kappa shape index (κ3) is 2.71. The second-order valence-electron chi connectivity index (χ2n) is 4.78. The van der Waals surface area contributed by atoms with E-state index in [2.05, 4.69) is 5.92 Å². The number of rotatable bonds is 2. The normalized spacial score (nSPS) is 12.9.